The molecule has 4 aromatic carbocycles. The van der Waals surface area contributed by atoms with Crippen molar-refractivity contribution in [2.75, 3.05) is 5.32 Å². The van der Waals surface area contributed by atoms with E-state index in [9.17, 15) is 9.59 Å². The number of benzene rings is 4. The molecule has 1 aromatic heterocycles. The molecule has 224 valence electrons. The van der Waals surface area contributed by atoms with E-state index in [1.807, 2.05) is 25.1 Å². The fraction of sp³-hybridized carbons (Fsp3) is 0.194. The molecule has 0 saturated heterocycles. The third-order valence-corrected chi connectivity index (χ3v) is 9.46. The Morgan fingerprint density at radius 3 is 2.53 bits per heavy atom. The third kappa shape index (κ3) is 5.47. The number of carbonyl (C=O) groups is 2. The molecule has 1 amide bonds. The first-order valence-corrected chi connectivity index (χ1v) is 15.7. The summed E-state index contributed by atoms with van der Waals surface area (Å²) >= 11 is 12.9. The van der Waals surface area contributed by atoms with Crippen LogP contribution in [0.3, 0.4) is 0 Å². The van der Waals surface area contributed by atoms with Gasteiger partial charge in [0.15, 0.2) is 5.78 Å². The van der Waals surface area contributed by atoms with Gasteiger partial charge in [0.2, 0.25) is 0 Å². The molecule has 0 fully saturated rings. The maximum Gasteiger partial charge on any atom is 0.257 e. The molecule has 7 nitrogen and oxygen atoms in total. The minimum Gasteiger partial charge on any atom is -0.322 e. The fourth-order valence-electron chi connectivity index (χ4n) is 6.70. The van der Waals surface area contributed by atoms with Crippen LogP contribution in [0.1, 0.15) is 62.6 Å². The summed E-state index contributed by atoms with van der Waals surface area (Å²) in [7, 11) is 0. The van der Waals surface area contributed by atoms with Crippen molar-refractivity contribution in [1.82, 2.24) is 20.2 Å². The molecule has 1 atom stereocenters. The lowest BCUT2D eigenvalue weighted by molar-refractivity contribution is 0.102. The second kappa shape index (κ2) is 12.1. The number of hydrogen-bond acceptors (Lipinski definition) is 5. The van der Waals surface area contributed by atoms with Crippen molar-refractivity contribution in [1.29, 1.82) is 0 Å². The Morgan fingerprint density at radius 2 is 1.73 bits per heavy atom. The van der Waals surface area contributed by atoms with Crippen molar-refractivity contribution < 1.29 is 9.59 Å². The van der Waals surface area contributed by atoms with E-state index in [-0.39, 0.29) is 17.6 Å². The SMILES string of the molecule is Cc1cc(NC(=O)c2ccccc2Cl)ccc1C(=O)C1=c2ccc3c(c2CCC1)C(CCn1cnnn1)C=c1c(Cl)cccc1=3. The summed E-state index contributed by atoms with van der Waals surface area (Å²) in [4.78, 5) is 27.0. The predicted octanol–water partition coefficient (Wildman–Crippen LogP) is 6.17. The zero-order valence-electron chi connectivity index (χ0n) is 24.6. The minimum atomic E-state index is -0.297. The molecule has 7 rings (SSSR count). The van der Waals surface area contributed by atoms with Gasteiger partial charge in [-0.3, -0.25) is 9.59 Å². The topological polar surface area (TPSA) is 89.8 Å². The van der Waals surface area contributed by atoms with Gasteiger partial charge in [-0.1, -0.05) is 65.7 Å². The Bertz CT molecular complexity index is 2210. The van der Waals surface area contributed by atoms with E-state index >= 15 is 0 Å². The summed E-state index contributed by atoms with van der Waals surface area (Å²) in [6.45, 7) is 2.56. The van der Waals surface area contributed by atoms with Crippen molar-refractivity contribution in [3.8, 4) is 0 Å². The van der Waals surface area contributed by atoms with E-state index < -0.39 is 0 Å². The molecule has 5 aromatic rings. The number of halogens is 2. The van der Waals surface area contributed by atoms with Gasteiger partial charge in [0.1, 0.15) is 6.33 Å². The summed E-state index contributed by atoms with van der Waals surface area (Å²) in [5.74, 6) is -0.191. The van der Waals surface area contributed by atoms with E-state index in [0.717, 1.165) is 51.1 Å². The first kappa shape index (κ1) is 29.1. The standard InChI is InChI=1S/C36H29Cl2N5O2/c1-21-18-23(40-36(45)30-6-2-3-10-32(30)37)12-13-24(21)35(44)29-9-4-8-27-26(29)14-15-28-25-7-5-11-33(38)31(25)19-22(34(27)28)16-17-43-20-39-41-42-43/h2-3,5-7,10-15,18-20,22H,4,8-9,16-17H2,1H3,(H,40,45). The fourth-order valence-corrected chi connectivity index (χ4v) is 7.16. The van der Waals surface area contributed by atoms with Crippen molar-refractivity contribution in [3.05, 3.63) is 138 Å². The molecule has 0 bridgehead atoms. The molecule has 1 N–H and O–H groups in total. The summed E-state index contributed by atoms with van der Waals surface area (Å²) in [5.41, 5.74) is 5.74. The number of fused-ring (bicyclic) bond motifs is 4. The van der Waals surface area contributed by atoms with Crippen LogP contribution in [0.2, 0.25) is 10.0 Å². The number of nitrogens with one attached hydrogen (secondary N) is 1. The molecular formula is C36H29Cl2N5O2. The van der Waals surface area contributed by atoms with Gasteiger partial charge >= 0.3 is 0 Å². The maximum absolute atomic E-state index is 14.2. The molecule has 1 heterocycles. The van der Waals surface area contributed by atoms with Gasteiger partial charge in [-0.2, -0.15) is 0 Å². The lowest BCUT2D eigenvalue weighted by Crippen LogP contribution is -2.27. The first-order chi connectivity index (χ1) is 21.9. The number of rotatable bonds is 7. The highest BCUT2D eigenvalue weighted by Gasteiger charge is 2.26. The molecule has 1 unspecified atom stereocenters. The Balaban J connectivity index is 1.29. The van der Waals surface area contributed by atoms with Crippen molar-refractivity contribution in [2.45, 2.75) is 45.1 Å². The number of Topliss-reactive ketones (excluding diaryl/α,β-unsaturated/α-hetero) is 1. The van der Waals surface area contributed by atoms with E-state index in [1.165, 1.54) is 16.3 Å². The van der Waals surface area contributed by atoms with Crippen LogP contribution in [-0.4, -0.2) is 31.9 Å². The zero-order valence-corrected chi connectivity index (χ0v) is 26.1. The zero-order chi connectivity index (χ0) is 31.1. The maximum atomic E-state index is 14.2. The summed E-state index contributed by atoms with van der Waals surface area (Å²) in [5, 5.41) is 20.0. The summed E-state index contributed by atoms with van der Waals surface area (Å²) in [6, 6.07) is 22.6. The predicted molar refractivity (Wildman–Crippen MR) is 176 cm³/mol. The number of aryl methyl sites for hydroxylation is 2. The minimum absolute atomic E-state index is 0.0193. The molecule has 0 aliphatic heterocycles. The van der Waals surface area contributed by atoms with Gasteiger partial charge in [0.05, 0.1) is 10.6 Å². The largest absolute Gasteiger partial charge is 0.322 e. The van der Waals surface area contributed by atoms with Crippen LogP contribution < -0.4 is 15.8 Å². The van der Waals surface area contributed by atoms with Crippen LogP contribution in [0, 0.1) is 17.4 Å². The monoisotopic (exact) mass is 633 g/mol. The van der Waals surface area contributed by atoms with Crippen LogP contribution in [-0.2, 0) is 13.0 Å². The molecule has 0 spiro atoms. The van der Waals surface area contributed by atoms with Crippen LogP contribution in [0.4, 0.5) is 5.69 Å². The Morgan fingerprint density at radius 1 is 0.911 bits per heavy atom. The number of anilines is 1. The number of ketones is 1. The Kier molecular flexibility index (Phi) is 7.81. The van der Waals surface area contributed by atoms with Gasteiger partial charge in [0.25, 0.3) is 5.91 Å². The number of aromatic nitrogens is 4. The van der Waals surface area contributed by atoms with E-state index in [4.69, 9.17) is 23.2 Å². The molecule has 2 aliphatic rings. The third-order valence-electron chi connectivity index (χ3n) is 8.80. The van der Waals surface area contributed by atoms with Gasteiger partial charge in [-0.05, 0) is 117 Å². The van der Waals surface area contributed by atoms with Crippen LogP contribution in [0.15, 0.2) is 79.1 Å². The number of tetrazole rings is 1. The second-order valence-corrected chi connectivity index (χ2v) is 12.3. The average Bonchev–Trinajstić information content (AvgIpc) is 3.57. The highest BCUT2D eigenvalue weighted by atomic mass is 35.5. The van der Waals surface area contributed by atoms with E-state index in [1.54, 1.807) is 47.4 Å². The normalized spacial score (nSPS) is 15.0. The van der Waals surface area contributed by atoms with E-state index in [2.05, 4.69) is 45.1 Å². The van der Waals surface area contributed by atoms with Crippen LogP contribution in [0.25, 0.3) is 11.6 Å². The lowest BCUT2D eigenvalue weighted by atomic mass is 9.79. The number of hydrogen-bond donors (Lipinski definition) is 1. The molecule has 0 radical (unpaired) electrons. The summed E-state index contributed by atoms with van der Waals surface area (Å²) < 4.78 is 1.75. The van der Waals surface area contributed by atoms with Crippen molar-refractivity contribution >= 4 is 52.2 Å². The number of carbonyl (C=O) groups excluding carboxylic acids is 2. The number of amides is 1. The highest BCUT2D eigenvalue weighted by molar-refractivity contribution is 6.34. The van der Waals surface area contributed by atoms with Gasteiger partial charge < -0.3 is 5.32 Å². The van der Waals surface area contributed by atoms with Gasteiger partial charge in [-0.25, -0.2) is 4.68 Å². The number of nitrogens with zero attached hydrogens (tertiary/aromatic N) is 4. The summed E-state index contributed by atoms with van der Waals surface area (Å²) in [6.07, 6.45) is 7.18. The smallest absolute Gasteiger partial charge is 0.257 e. The van der Waals surface area contributed by atoms with E-state index in [0.29, 0.717) is 34.8 Å². The molecule has 45 heavy (non-hydrogen) atoms. The van der Waals surface area contributed by atoms with Crippen molar-refractivity contribution in [2.24, 2.45) is 0 Å². The highest BCUT2D eigenvalue weighted by Crippen LogP contribution is 2.32. The van der Waals surface area contributed by atoms with Crippen LogP contribution >= 0.6 is 23.2 Å². The first-order valence-electron chi connectivity index (χ1n) is 15.0. The average molecular weight is 635 g/mol. The molecule has 2 aliphatic carbocycles. The molecular weight excluding hydrogens is 605 g/mol. The quantitative estimate of drug-likeness (QED) is 0.217. The molecule has 0 saturated carbocycles. The Hall–Kier alpha value is -4.59. The van der Waals surface area contributed by atoms with Gasteiger partial charge in [0, 0.05) is 34.3 Å². The molecule has 9 heteroatoms. The Labute approximate surface area is 269 Å². The lowest BCUT2D eigenvalue weighted by Gasteiger charge is -2.25. The van der Waals surface area contributed by atoms with Gasteiger partial charge in [-0.15, -0.1) is 5.10 Å². The second-order valence-electron chi connectivity index (χ2n) is 11.5. The van der Waals surface area contributed by atoms with Crippen molar-refractivity contribution in [3.63, 3.8) is 0 Å². The van der Waals surface area contributed by atoms with Crippen LogP contribution in [0.5, 0.6) is 0 Å².